The van der Waals surface area contributed by atoms with Crippen molar-refractivity contribution in [2.75, 3.05) is 13.2 Å². The molecule has 0 atom stereocenters. The van der Waals surface area contributed by atoms with E-state index < -0.39 is 4.92 Å². The lowest BCUT2D eigenvalue weighted by molar-refractivity contribution is -0.384. The summed E-state index contributed by atoms with van der Waals surface area (Å²) in [5.74, 6) is 0. The van der Waals surface area contributed by atoms with Crippen LogP contribution in [0.25, 0.3) is 0 Å². The van der Waals surface area contributed by atoms with Gasteiger partial charge in [-0.05, 0) is 17.7 Å². The Balaban J connectivity index is 2.68. The minimum absolute atomic E-state index is 0.00345. The lowest BCUT2D eigenvalue weighted by Crippen LogP contribution is -1.90. The number of nitrogens with zero attached hydrogens (tertiary/aromatic N) is 2. The van der Waals surface area contributed by atoms with Crippen LogP contribution in [0.2, 0.25) is 0 Å². The summed E-state index contributed by atoms with van der Waals surface area (Å²) in [5, 5.41) is 18.8. The van der Waals surface area contributed by atoms with Gasteiger partial charge in [-0.15, -0.1) is 0 Å². The predicted molar refractivity (Wildman–Crippen MR) is 52.6 cm³/mol. The van der Waals surface area contributed by atoms with E-state index in [0.29, 0.717) is 6.54 Å². The van der Waals surface area contributed by atoms with E-state index in [1.165, 1.54) is 12.1 Å². The molecule has 0 saturated heterocycles. The Hall–Kier alpha value is -1.75. The molecule has 1 aromatic carbocycles. The van der Waals surface area contributed by atoms with Crippen molar-refractivity contribution < 1.29 is 10.0 Å². The monoisotopic (exact) mass is 194 g/mol. The molecule has 1 aromatic rings. The van der Waals surface area contributed by atoms with E-state index in [2.05, 4.69) is 4.99 Å². The first-order valence-corrected chi connectivity index (χ1v) is 4.09. The number of aliphatic imine (C=N–C) groups is 1. The molecule has 0 unspecified atom stereocenters. The van der Waals surface area contributed by atoms with Crippen molar-refractivity contribution in [3.63, 3.8) is 0 Å². The third-order valence-corrected chi connectivity index (χ3v) is 1.57. The van der Waals surface area contributed by atoms with E-state index in [1.807, 2.05) is 0 Å². The Bertz CT molecular complexity index is 332. The molecule has 0 aliphatic rings. The van der Waals surface area contributed by atoms with Crippen LogP contribution in [-0.4, -0.2) is 29.4 Å². The zero-order valence-electron chi connectivity index (χ0n) is 7.46. The van der Waals surface area contributed by atoms with Crippen molar-refractivity contribution in [1.29, 1.82) is 0 Å². The molecule has 0 fully saturated rings. The highest BCUT2D eigenvalue weighted by Crippen LogP contribution is 2.10. The van der Waals surface area contributed by atoms with Crippen LogP contribution in [0.3, 0.4) is 0 Å². The summed E-state index contributed by atoms with van der Waals surface area (Å²) in [6, 6.07) is 6.05. The van der Waals surface area contributed by atoms with Gasteiger partial charge in [0.2, 0.25) is 0 Å². The van der Waals surface area contributed by atoms with Gasteiger partial charge >= 0.3 is 0 Å². The van der Waals surface area contributed by atoms with Gasteiger partial charge in [0.05, 0.1) is 18.1 Å². The first-order chi connectivity index (χ1) is 6.74. The summed E-state index contributed by atoms with van der Waals surface area (Å²) in [6.07, 6.45) is 1.57. The zero-order chi connectivity index (χ0) is 10.4. The van der Waals surface area contributed by atoms with Crippen molar-refractivity contribution in [2.45, 2.75) is 0 Å². The third kappa shape index (κ3) is 2.95. The van der Waals surface area contributed by atoms with Crippen LogP contribution in [0.1, 0.15) is 5.56 Å². The van der Waals surface area contributed by atoms with E-state index in [1.54, 1.807) is 18.3 Å². The zero-order valence-corrected chi connectivity index (χ0v) is 7.46. The summed E-state index contributed by atoms with van der Waals surface area (Å²) in [4.78, 5) is 13.8. The Kier molecular flexibility index (Phi) is 3.75. The fraction of sp³-hybridized carbons (Fsp3) is 0.222. The topological polar surface area (TPSA) is 75.7 Å². The summed E-state index contributed by atoms with van der Waals surface area (Å²) < 4.78 is 0. The van der Waals surface area contributed by atoms with E-state index in [9.17, 15) is 10.1 Å². The van der Waals surface area contributed by atoms with Gasteiger partial charge in [-0.2, -0.15) is 0 Å². The van der Waals surface area contributed by atoms with Gasteiger partial charge in [0.1, 0.15) is 0 Å². The highest BCUT2D eigenvalue weighted by atomic mass is 16.6. The minimum Gasteiger partial charge on any atom is -0.394 e. The molecular weight excluding hydrogens is 184 g/mol. The number of rotatable bonds is 4. The summed E-state index contributed by atoms with van der Waals surface area (Å²) in [7, 11) is 0. The van der Waals surface area contributed by atoms with Crippen LogP contribution in [0.4, 0.5) is 5.69 Å². The number of nitro benzene ring substituents is 1. The molecule has 0 aliphatic heterocycles. The Labute approximate surface area is 80.9 Å². The van der Waals surface area contributed by atoms with Gasteiger partial charge in [0.15, 0.2) is 0 Å². The van der Waals surface area contributed by atoms with Crippen LogP contribution < -0.4 is 0 Å². The molecule has 0 saturated carbocycles. The second-order valence-corrected chi connectivity index (χ2v) is 2.61. The molecule has 5 heteroatoms. The summed E-state index contributed by atoms with van der Waals surface area (Å²) in [6.45, 7) is 0.348. The molecule has 0 radical (unpaired) electrons. The Morgan fingerprint density at radius 1 is 1.43 bits per heavy atom. The van der Waals surface area contributed by atoms with Crippen molar-refractivity contribution in [2.24, 2.45) is 4.99 Å². The molecule has 5 nitrogen and oxygen atoms in total. The van der Waals surface area contributed by atoms with Crippen LogP contribution in [0.15, 0.2) is 29.3 Å². The number of aliphatic hydroxyl groups is 1. The number of hydrogen-bond donors (Lipinski definition) is 1. The average Bonchev–Trinajstić information content (AvgIpc) is 2.19. The molecule has 14 heavy (non-hydrogen) atoms. The maximum Gasteiger partial charge on any atom is 0.269 e. The molecule has 0 amide bonds. The average molecular weight is 194 g/mol. The lowest BCUT2D eigenvalue weighted by atomic mass is 10.2. The fourth-order valence-corrected chi connectivity index (χ4v) is 0.910. The van der Waals surface area contributed by atoms with Gasteiger partial charge in [-0.1, -0.05) is 0 Å². The van der Waals surface area contributed by atoms with E-state index in [0.717, 1.165) is 5.56 Å². The number of non-ortho nitro benzene ring substituents is 1. The van der Waals surface area contributed by atoms with Gasteiger partial charge < -0.3 is 5.11 Å². The molecule has 0 aromatic heterocycles. The van der Waals surface area contributed by atoms with E-state index >= 15 is 0 Å². The molecule has 0 spiro atoms. The van der Waals surface area contributed by atoms with E-state index in [-0.39, 0.29) is 12.3 Å². The van der Waals surface area contributed by atoms with Crippen LogP contribution in [0, 0.1) is 10.1 Å². The standard InChI is InChI=1S/C9H10N2O3/c12-6-5-10-7-8-1-3-9(4-2-8)11(13)14/h1-4,7,12H,5-6H2. The summed E-state index contributed by atoms with van der Waals surface area (Å²) >= 11 is 0. The molecule has 1 N–H and O–H groups in total. The molecule has 1 rings (SSSR count). The number of nitro groups is 1. The first-order valence-electron chi connectivity index (χ1n) is 4.09. The smallest absolute Gasteiger partial charge is 0.269 e. The predicted octanol–water partition coefficient (Wildman–Crippen LogP) is 1.01. The first kappa shape index (κ1) is 10.3. The summed E-state index contributed by atoms with van der Waals surface area (Å²) in [5.41, 5.74) is 0.841. The molecule has 0 heterocycles. The second kappa shape index (κ2) is 5.08. The van der Waals surface area contributed by atoms with Gasteiger partial charge in [0.25, 0.3) is 5.69 Å². The highest BCUT2D eigenvalue weighted by Gasteiger charge is 2.01. The SMILES string of the molecule is O=[N+]([O-])c1ccc(C=NCCO)cc1. The number of benzene rings is 1. The normalized spacial score (nSPS) is 10.6. The maximum atomic E-state index is 10.3. The van der Waals surface area contributed by atoms with Crippen LogP contribution in [-0.2, 0) is 0 Å². The van der Waals surface area contributed by atoms with E-state index in [4.69, 9.17) is 5.11 Å². The molecule has 74 valence electrons. The lowest BCUT2D eigenvalue weighted by Gasteiger charge is -1.92. The van der Waals surface area contributed by atoms with Gasteiger partial charge in [-0.3, -0.25) is 15.1 Å². The Morgan fingerprint density at radius 3 is 2.57 bits per heavy atom. The third-order valence-electron chi connectivity index (χ3n) is 1.57. The Morgan fingerprint density at radius 2 is 2.07 bits per heavy atom. The van der Waals surface area contributed by atoms with Crippen molar-refractivity contribution >= 4 is 11.9 Å². The second-order valence-electron chi connectivity index (χ2n) is 2.61. The van der Waals surface area contributed by atoms with Crippen molar-refractivity contribution in [3.8, 4) is 0 Å². The number of hydrogen-bond acceptors (Lipinski definition) is 4. The minimum atomic E-state index is -0.450. The van der Waals surface area contributed by atoms with Gasteiger partial charge in [-0.25, -0.2) is 0 Å². The molecule has 0 bridgehead atoms. The largest absolute Gasteiger partial charge is 0.394 e. The quantitative estimate of drug-likeness (QED) is 0.441. The highest BCUT2D eigenvalue weighted by molar-refractivity contribution is 5.79. The van der Waals surface area contributed by atoms with Gasteiger partial charge in [0, 0.05) is 18.3 Å². The molecule has 0 aliphatic carbocycles. The maximum absolute atomic E-state index is 10.3. The van der Waals surface area contributed by atoms with Crippen LogP contribution >= 0.6 is 0 Å². The molecular formula is C9H10N2O3. The fourth-order valence-electron chi connectivity index (χ4n) is 0.910. The van der Waals surface area contributed by atoms with Crippen molar-refractivity contribution in [1.82, 2.24) is 0 Å². The van der Waals surface area contributed by atoms with Crippen LogP contribution in [0.5, 0.6) is 0 Å². The number of aliphatic hydroxyl groups excluding tert-OH is 1. The van der Waals surface area contributed by atoms with Crippen molar-refractivity contribution in [3.05, 3.63) is 39.9 Å².